The van der Waals surface area contributed by atoms with E-state index in [1.165, 1.54) is 0 Å². The minimum absolute atomic E-state index is 0.130. The van der Waals surface area contributed by atoms with E-state index in [-0.39, 0.29) is 16.6 Å². The number of hydrogen-bond donors (Lipinski definition) is 2. The summed E-state index contributed by atoms with van der Waals surface area (Å²) in [5.41, 5.74) is 10.0. The van der Waals surface area contributed by atoms with Gasteiger partial charge in [0.2, 0.25) is 0 Å². The minimum atomic E-state index is -0.434. The largest absolute Gasteiger partial charge is 0.505 e. The second-order valence-electron chi connectivity index (χ2n) is 11.1. The summed E-state index contributed by atoms with van der Waals surface area (Å²) in [5, 5.41) is 20.1. The number of nitrogens with two attached hydrogens (primary N) is 1. The smallest absolute Gasteiger partial charge is 0.147 e. The molecular formula is C28H36N4O. The van der Waals surface area contributed by atoms with Crippen LogP contribution in [0.1, 0.15) is 71.6 Å². The Kier molecular flexibility index (Phi) is 6.64. The molecule has 5 nitrogen and oxygen atoms in total. The van der Waals surface area contributed by atoms with E-state index in [1.807, 2.05) is 24.3 Å². The van der Waals surface area contributed by atoms with Gasteiger partial charge in [0.05, 0.1) is 11.9 Å². The molecule has 174 valence electrons. The second kappa shape index (κ2) is 8.97. The molecule has 3 aromatic rings. The Morgan fingerprint density at radius 2 is 1.48 bits per heavy atom. The van der Waals surface area contributed by atoms with Gasteiger partial charge in [-0.05, 0) is 40.5 Å². The zero-order valence-electron chi connectivity index (χ0n) is 20.8. The number of azo groups is 1. The van der Waals surface area contributed by atoms with Gasteiger partial charge in [-0.2, -0.15) is 0 Å². The average Bonchev–Trinajstić information content (AvgIpc) is 2.72. The maximum atomic E-state index is 11.4. The van der Waals surface area contributed by atoms with E-state index in [2.05, 4.69) is 81.9 Å². The van der Waals surface area contributed by atoms with E-state index in [0.29, 0.717) is 17.1 Å². The van der Waals surface area contributed by atoms with Crippen molar-refractivity contribution in [3.05, 3.63) is 77.6 Å². The van der Waals surface area contributed by atoms with Crippen LogP contribution in [0.5, 0.6) is 5.75 Å². The van der Waals surface area contributed by atoms with Gasteiger partial charge < -0.3 is 10.8 Å². The van der Waals surface area contributed by atoms with E-state index in [4.69, 9.17) is 5.73 Å². The fourth-order valence-electron chi connectivity index (χ4n) is 4.59. The molecule has 0 saturated heterocycles. The SMILES string of the molecule is CC(C)(C)CC(C)(C)c1cc(/N=N/c2cnccc2N)c(O)c(C(C)(C)c2ccccc2)c1. The number of aromatic nitrogens is 1. The maximum Gasteiger partial charge on any atom is 0.147 e. The van der Waals surface area contributed by atoms with Crippen molar-refractivity contribution in [3.63, 3.8) is 0 Å². The summed E-state index contributed by atoms with van der Waals surface area (Å²) in [5.74, 6) is 0.130. The molecule has 0 atom stereocenters. The van der Waals surface area contributed by atoms with Gasteiger partial charge in [-0.25, -0.2) is 0 Å². The Morgan fingerprint density at radius 3 is 2.09 bits per heavy atom. The van der Waals surface area contributed by atoms with Gasteiger partial charge in [0.15, 0.2) is 0 Å². The molecule has 0 spiro atoms. The van der Waals surface area contributed by atoms with Gasteiger partial charge in [0.25, 0.3) is 0 Å². The Hall–Kier alpha value is -3.21. The summed E-state index contributed by atoms with van der Waals surface area (Å²) < 4.78 is 0. The van der Waals surface area contributed by atoms with Crippen LogP contribution in [0.3, 0.4) is 0 Å². The fourth-order valence-corrected chi connectivity index (χ4v) is 4.59. The second-order valence-corrected chi connectivity index (χ2v) is 11.1. The summed E-state index contributed by atoms with van der Waals surface area (Å²) in [6, 6.07) is 16.0. The van der Waals surface area contributed by atoms with Crippen LogP contribution in [0, 0.1) is 5.41 Å². The number of phenols is 1. The third-order valence-electron chi connectivity index (χ3n) is 6.11. The van der Waals surface area contributed by atoms with Gasteiger partial charge in [0, 0.05) is 17.2 Å². The summed E-state index contributed by atoms with van der Waals surface area (Å²) in [6.07, 6.45) is 4.15. The lowest BCUT2D eigenvalue weighted by atomic mass is 9.70. The van der Waals surface area contributed by atoms with Crippen LogP contribution in [-0.4, -0.2) is 10.1 Å². The lowest BCUT2D eigenvalue weighted by Gasteiger charge is -2.35. The molecule has 0 amide bonds. The lowest BCUT2D eigenvalue weighted by molar-refractivity contribution is 0.283. The number of pyridine rings is 1. The number of phenolic OH excluding ortho intramolecular Hbond substituents is 1. The lowest BCUT2D eigenvalue weighted by Crippen LogP contribution is -2.26. The number of anilines is 1. The highest BCUT2D eigenvalue weighted by molar-refractivity contribution is 5.64. The van der Waals surface area contributed by atoms with Crippen molar-refractivity contribution >= 4 is 17.1 Å². The summed E-state index contributed by atoms with van der Waals surface area (Å²) in [6.45, 7) is 15.5. The number of hydrogen-bond acceptors (Lipinski definition) is 5. The van der Waals surface area contributed by atoms with Crippen LogP contribution in [0.4, 0.5) is 17.1 Å². The molecule has 1 aromatic heterocycles. The van der Waals surface area contributed by atoms with E-state index in [9.17, 15) is 5.11 Å². The third-order valence-corrected chi connectivity index (χ3v) is 6.11. The molecular weight excluding hydrogens is 408 g/mol. The Labute approximate surface area is 197 Å². The molecule has 2 aromatic carbocycles. The van der Waals surface area contributed by atoms with Crippen LogP contribution < -0.4 is 5.73 Å². The van der Waals surface area contributed by atoms with Crippen molar-refractivity contribution in [2.45, 2.75) is 65.7 Å². The molecule has 5 heteroatoms. The van der Waals surface area contributed by atoms with Gasteiger partial charge in [-0.15, -0.1) is 10.2 Å². The number of nitrogen functional groups attached to an aromatic ring is 1. The molecule has 0 aliphatic carbocycles. The predicted molar refractivity (Wildman–Crippen MR) is 137 cm³/mol. The topological polar surface area (TPSA) is 83.9 Å². The van der Waals surface area contributed by atoms with Gasteiger partial charge in [0.1, 0.15) is 17.1 Å². The van der Waals surface area contributed by atoms with Crippen molar-refractivity contribution in [2.75, 3.05) is 5.73 Å². The molecule has 33 heavy (non-hydrogen) atoms. The standard InChI is InChI=1S/C28H36N4O/c1-26(2,3)18-27(4,5)20-15-21(28(6,7)19-11-9-8-10-12-19)25(33)23(16-20)31-32-24-17-30-14-13-22(24)29/h8-17,33H,18H2,1-7H3,(H2,29,30)/b32-31+. The first-order chi connectivity index (χ1) is 15.3. The highest BCUT2D eigenvalue weighted by atomic mass is 16.3. The van der Waals surface area contributed by atoms with Crippen molar-refractivity contribution in [1.29, 1.82) is 0 Å². The van der Waals surface area contributed by atoms with E-state index in [0.717, 1.165) is 23.1 Å². The fraction of sp³-hybridized carbons (Fsp3) is 0.393. The molecule has 0 radical (unpaired) electrons. The first-order valence-corrected chi connectivity index (χ1v) is 11.4. The minimum Gasteiger partial charge on any atom is -0.505 e. The van der Waals surface area contributed by atoms with Crippen molar-refractivity contribution in [3.8, 4) is 5.75 Å². The quantitative estimate of drug-likeness (QED) is 0.380. The van der Waals surface area contributed by atoms with Gasteiger partial charge in [-0.3, -0.25) is 4.98 Å². The maximum absolute atomic E-state index is 11.4. The van der Waals surface area contributed by atoms with Crippen molar-refractivity contribution in [2.24, 2.45) is 15.6 Å². The zero-order valence-corrected chi connectivity index (χ0v) is 20.8. The molecule has 0 aliphatic heterocycles. The molecule has 0 bridgehead atoms. The highest BCUT2D eigenvalue weighted by Gasteiger charge is 2.33. The number of benzene rings is 2. The summed E-state index contributed by atoms with van der Waals surface area (Å²) in [7, 11) is 0. The van der Waals surface area contributed by atoms with Crippen molar-refractivity contribution < 1.29 is 5.11 Å². The molecule has 0 aliphatic rings. The number of aromatic hydroxyl groups is 1. The Balaban J connectivity index is 2.20. The van der Waals surface area contributed by atoms with Gasteiger partial charge >= 0.3 is 0 Å². The molecule has 0 saturated carbocycles. The normalized spacial score (nSPS) is 12.9. The van der Waals surface area contributed by atoms with Crippen LogP contribution in [0.15, 0.2) is 71.2 Å². The van der Waals surface area contributed by atoms with Crippen LogP contribution in [-0.2, 0) is 10.8 Å². The van der Waals surface area contributed by atoms with Crippen molar-refractivity contribution in [1.82, 2.24) is 4.98 Å². The van der Waals surface area contributed by atoms with E-state index >= 15 is 0 Å². The molecule has 3 N–H and O–H groups in total. The summed E-state index contributed by atoms with van der Waals surface area (Å²) >= 11 is 0. The average molecular weight is 445 g/mol. The first-order valence-electron chi connectivity index (χ1n) is 11.4. The Bertz CT molecular complexity index is 1140. The number of nitrogens with zero attached hydrogens (tertiary/aromatic N) is 3. The van der Waals surface area contributed by atoms with E-state index in [1.54, 1.807) is 18.5 Å². The molecule has 0 unspecified atom stereocenters. The van der Waals surface area contributed by atoms with Crippen LogP contribution in [0.2, 0.25) is 0 Å². The summed E-state index contributed by atoms with van der Waals surface area (Å²) in [4.78, 5) is 4.08. The first kappa shape index (κ1) is 24.4. The van der Waals surface area contributed by atoms with Crippen LogP contribution >= 0.6 is 0 Å². The molecule has 3 rings (SSSR count). The highest BCUT2D eigenvalue weighted by Crippen LogP contribution is 2.46. The molecule has 0 fully saturated rings. The van der Waals surface area contributed by atoms with Crippen LogP contribution in [0.25, 0.3) is 0 Å². The zero-order chi connectivity index (χ0) is 24.4. The predicted octanol–water partition coefficient (Wildman–Crippen LogP) is 7.82. The third kappa shape index (κ3) is 5.59. The van der Waals surface area contributed by atoms with Gasteiger partial charge in [-0.1, -0.05) is 84.9 Å². The monoisotopic (exact) mass is 444 g/mol. The van der Waals surface area contributed by atoms with E-state index < -0.39 is 5.41 Å². The molecule has 1 heterocycles. The number of rotatable bonds is 6. The Morgan fingerprint density at radius 1 is 0.848 bits per heavy atom.